The lowest BCUT2D eigenvalue weighted by atomic mass is 10.1. The molecule has 1 aliphatic heterocycles. The van der Waals surface area contributed by atoms with Crippen molar-refractivity contribution in [3.05, 3.63) is 65.5 Å². The molecule has 2 aromatic carbocycles. The molecule has 136 valence electrons. The fourth-order valence-corrected chi connectivity index (χ4v) is 3.32. The molecule has 0 fully saturated rings. The molecule has 0 aliphatic carbocycles. The molecule has 26 heavy (non-hydrogen) atoms. The van der Waals surface area contributed by atoms with Gasteiger partial charge in [0.25, 0.3) is 0 Å². The van der Waals surface area contributed by atoms with Crippen molar-refractivity contribution >= 4 is 11.0 Å². The van der Waals surface area contributed by atoms with Gasteiger partial charge in [0.1, 0.15) is 12.4 Å². The molecular weight excluding hydrogens is 343 g/mol. The van der Waals surface area contributed by atoms with Crippen molar-refractivity contribution in [1.82, 2.24) is 14.9 Å². The molecule has 1 aromatic heterocycles. The number of imidazole rings is 1. The highest BCUT2D eigenvalue weighted by molar-refractivity contribution is 5.77. The Morgan fingerprint density at radius 2 is 1.96 bits per heavy atom. The van der Waals surface area contributed by atoms with Crippen LogP contribution in [0, 0.1) is 0 Å². The molecule has 3 aromatic rings. The molecule has 0 amide bonds. The normalized spacial score (nSPS) is 17.4. The quantitative estimate of drug-likeness (QED) is 0.766. The van der Waals surface area contributed by atoms with Crippen LogP contribution in [0.15, 0.2) is 48.5 Å². The van der Waals surface area contributed by atoms with E-state index in [1.165, 1.54) is 11.6 Å². The van der Waals surface area contributed by atoms with Crippen molar-refractivity contribution in [1.29, 1.82) is 0 Å². The van der Waals surface area contributed by atoms with E-state index < -0.39 is 11.7 Å². The first kappa shape index (κ1) is 17.1. The van der Waals surface area contributed by atoms with E-state index in [1.807, 2.05) is 34.9 Å². The van der Waals surface area contributed by atoms with Crippen molar-refractivity contribution in [2.24, 2.45) is 0 Å². The number of benzene rings is 2. The molecule has 4 rings (SSSR count). The lowest BCUT2D eigenvalue weighted by Gasteiger charge is -2.26. The number of rotatable bonds is 4. The highest BCUT2D eigenvalue weighted by Gasteiger charge is 2.32. The summed E-state index contributed by atoms with van der Waals surface area (Å²) < 4.78 is 46.4. The molecule has 0 saturated heterocycles. The van der Waals surface area contributed by atoms with Gasteiger partial charge in [0.05, 0.1) is 29.2 Å². The fraction of sp³-hybridized carbons (Fsp3) is 0.316. The summed E-state index contributed by atoms with van der Waals surface area (Å²) in [6.45, 7) is 2.18. The largest absolute Gasteiger partial charge is 0.416 e. The van der Waals surface area contributed by atoms with Gasteiger partial charge in [-0.2, -0.15) is 13.2 Å². The monoisotopic (exact) mass is 361 g/mol. The molecule has 1 unspecified atom stereocenters. The maximum atomic E-state index is 12.9. The van der Waals surface area contributed by atoms with Crippen LogP contribution < -0.4 is 5.32 Å². The van der Waals surface area contributed by atoms with Gasteiger partial charge in [-0.15, -0.1) is 0 Å². The van der Waals surface area contributed by atoms with Crippen molar-refractivity contribution in [3.8, 4) is 0 Å². The second kappa shape index (κ2) is 6.74. The third-order valence-electron chi connectivity index (χ3n) is 4.55. The Morgan fingerprint density at radius 3 is 2.73 bits per heavy atom. The summed E-state index contributed by atoms with van der Waals surface area (Å²) in [6.07, 6.45) is -4.37. The van der Waals surface area contributed by atoms with Crippen molar-refractivity contribution in [3.63, 3.8) is 0 Å². The second-order valence-corrected chi connectivity index (χ2v) is 6.38. The minimum Gasteiger partial charge on any atom is -0.371 e. The Kier molecular flexibility index (Phi) is 4.42. The Morgan fingerprint density at radius 1 is 1.15 bits per heavy atom. The highest BCUT2D eigenvalue weighted by atomic mass is 19.4. The number of ether oxygens (including phenoxy) is 1. The number of hydrogen-bond donors (Lipinski definition) is 1. The predicted molar refractivity (Wildman–Crippen MR) is 91.6 cm³/mol. The third kappa shape index (κ3) is 3.32. The summed E-state index contributed by atoms with van der Waals surface area (Å²) in [7, 11) is 0. The first-order valence-electron chi connectivity index (χ1n) is 8.43. The first-order chi connectivity index (χ1) is 12.5. The number of fused-ring (bicyclic) bond motifs is 3. The Hall–Kier alpha value is -2.38. The molecule has 1 N–H and O–H groups in total. The molecule has 0 spiro atoms. The zero-order valence-corrected chi connectivity index (χ0v) is 14.0. The highest BCUT2D eigenvalue weighted by Crippen LogP contribution is 2.33. The topological polar surface area (TPSA) is 39.1 Å². The average molecular weight is 361 g/mol. The summed E-state index contributed by atoms with van der Waals surface area (Å²) in [6, 6.07) is 13.7. The first-order valence-corrected chi connectivity index (χ1v) is 8.43. The Bertz CT molecular complexity index is 906. The van der Waals surface area contributed by atoms with Crippen LogP contribution in [0.2, 0.25) is 0 Å². The van der Waals surface area contributed by atoms with Crippen LogP contribution in [0.3, 0.4) is 0 Å². The van der Waals surface area contributed by atoms with E-state index in [0.717, 1.165) is 18.7 Å². The minimum absolute atomic E-state index is 0.0100. The van der Waals surface area contributed by atoms with Crippen LogP contribution in [0.1, 0.15) is 23.0 Å². The standard InChI is InChI=1S/C19H18F3N3O/c20-19(21,22)14-6-7-17-16(8-14)24-18-12-26-11-15(25(17)18)10-23-9-13-4-2-1-3-5-13/h1-8,15,23H,9-12H2. The van der Waals surface area contributed by atoms with E-state index in [1.54, 1.807) is 0 Å². The third-order valence-corrected chi connectivity index (χ3v) is 4.55. The predicted octanol–water partition coefficient (Wildman–Crippen LogP) is 3.92. The van der Waals surface area contributed by atoms with E-state index >= 15 is 0 Å². The molecule has 4 nitrogen and oxygen atoms in total. The SMILES string of the molecule is FC(F)(F)c1ccc2c(c1)nc1n2C(CNCc2ccccc2)COC1. The summed E-state index contributed by atoms with van der Waals surface area (Å²) in [5.41, 5.74) is 1.56. The molecular formula is C19H18F3N3O. The minimum atomic E-state index is -4.37. The summed E-state index contributed by atoms with van der Waals surface area (Å²) in [4.78, 5) is 4.35. The van der Waals surface area contributed by atoms with Gasteiger partial charge in [0, 0.05) is 13.1 Å². The van der Waals surface area contributed by atoms with E-state index in [9.17, 15) is 13.2 Å². The van der Waals surface area contributed by atoms with E-state index in [0.29, 0.717) is 36.6 Å². The van der Waals surface area contributed by atoms with Gasteiger partial charge in [-0.25, -0.2) is 4.98 Å². The number of nitrogens with one attached hydrogen (secondary N) is 1. The number of halogens is 3. The van der Waals surface area contributed by atoms with Gasteiger partial charge >= 0.3 is 6.18 Å². The van der Waals surface area contributed by atoms with Crippen molar-refractivity contribution < 1.29 is 17.9 Å². The molecule has 0 radical (unpaired) electrons. The fourth-order valence-electron chi connectivity index (χ4n) is 3.32. The van der Waals surface area contributed by atoms with Crippen LogP contribution in [0.25, 0.3) is 11.0 Å². The lowest BCUT2D eigenvalue weighted by molar-refractivity contribution is -0.137. The number of alkyl halides is 3. The maximum Gasteiger partial charge on any atom is 0.416 e. The molecule has 1 atom stereocenters. The molecule has 0 saturated carbocycles. The summed E-state index contributed by atoms with van der Waals surface area (Å²) in [5, 5.41) is 3.39. The summed E-state index contributed by atoms with van der Waals surface area (Å²) in [5.74, 6) is 0.664. The van der Waals surface area contributed by atoms with Gasteiger partial charge in [-0.1, -0.05) is 30.3 Å². The maximum absolute atomic E-state index is 12.9. The Labute approximate surface area is 148 Å². The van der Waals surface area contributed by atoms with E-state index in [-0.39, 0.29) is 6.04 Å². The number of aromatic nitrogens is 2. The summed E-state index contributed by atoms with van der Waals surface area (Å²) >= 11 is 0. The van der Waals surface area contributed by atoms with Gasteiger partial charge < -0.3 is 14.6 Å². The van der Waals surface area contributed by atoms with Gasteiger partial charge in [0.2, 0.25) is 0 Å². The van der Waals surface area contributed by atoms with Crippen LogP contribution >= 0.6 is 0 Å². The molecule has 7 heteroatoms. The molecule has 0 bridgehead atoms. The van der Waals surface area contributed by atoms with Crippen LogP contribution in [0.5, 0.6) is 0 Å². The Balaban J connectivity index is 1.57. The average Bonchev–Trinajstić information content (AvgIpc) is 3.00. The number of nitrogens with zero attached hydrogens (tertiary/aromatic N) is 2. The smallest absolute Gasteiger partial charge is 0.371 e. The van der Waals surface area contributed by atoms with Gasteiger partial charge in [-0.05, 0) is 23.8 Å². The van der Waals surface area contributed by atoms with Gasteiger partial charge in [0.15, 0.2) is 0 Å². The lowest BCUT2D eigenvalue weighted by Crippen LogP contribution is -2.32. The van der Waals surface area contributed by atoms with Gasteiger partial charge in [-0.3, -0.25) is 0 Å². The second-order valence-electron chi connectivity index (χ2n) is 6.38. The van der Waals surface area contributed by atoms with Crippen molar-refractivity contribution in [2.75, 3.05) is 13.2 Å². The van der Waals surface area contributed by atoms with Crippen LogP contribution in [-0.4, -0.2) is 22.7 Å². The van der Waals surface area contributed by atoms with Crippen LogP contribution in [0.4, 0.5) is 13.2 Å². The zero-order chi connectivity index (χ0) is 18.1. The van der Waals surface area contributed by atoms with Crippen molar-refractivity contribution in [2.45, 2.75) is 25.4 Å². The zero-order valence-electron chi connectivity index (χ0n) is 14.0. The molecule has 1 aliphatic rings. The van der Waals surface area contributed by atoms with E-state index in [4.69, 9.17) is 4.74 Å². The van der Waals surface area contributed by atoms with Crippen LogP contribution in [-0.2, 0) is 24.1 Å². The molecule has 2 heterocycles. The van der Waals surface area contributed by atoms with E-state index in [2.05, 4.69) is 10.3 Å². The number of hydrogen-bond acceptors (Lipinski definition) is 3.